The first-order valence-corrected chi connectivity index (χ1v) is 12.9. The summed E-state index contributed by atoms with van der Waals surface area (Å²) >= 11 is 0. The highest BCUT2D eigenvalue weighted by Crippen LogP contribution is 2.36. The van der Waals surface area contributed by atoms with Crippen LogP contribution < -0.4 is 5.32 Å². The average Bonchev–Trinajstić information content (AvgIpc) is 3.53. The van der Waals surface area contributed by atoms with Crippen LogP contribution in [0.5, 0.6) is 0 Å². The van der Waals surface area contributed by atoms with Gasteiger partial charge in [-0.25, -0.2) is 18.6 Å². The van der Waals surface area contributed by atoms with Crippen molar-refractivity contribution in [3.05, 3.63) is 59.0 Å². The number of nitrogens with zero attached hydrogens (tertiary/aromatic N) is 5. The lowest BCUT2D eigenvalue weighted by Gasteiger charge is -2.40. The standard InChI is InChI=1S/C27H34F2N6O3/c1-6-35-23-14-34(13-22(23)30-25(35)20-9-10-33(5)32-20)17-12-21(31-26(36)38-27(2,3)4)24(37-15-17)18-11-16(28)7-8-19(18)29/h7-11,17,21,24H,6,12-15H2,1-5H3,(H,31,36)/t17-,21+,24-/m1/s1. The number of amides is 1. The van der Waals surface area contributed by atoms with Gasteiger partial charge in [-0.3, -0.25) is 9.58 Å². The van der Waals surface area contributed by atoms with Gasteiger partial charge in [0, 0.05) is 44.5 Å². The Balaban J connectivity index is 1.36. The minimum Gasteiger partial charge on any atom is -0.444 e. The number of carbonyl (C=O) groups is 1. The zero-order chi connectivity index (χ0) is 27.2. The first-order chi connectivity index (χ1) is 18.0. The van der Waals surface area contributed by atoms with Crippen molar-refractivity contribution >= 4 is 6.09 Å². The number of benzene rings is 1. The quantitative estimate of drug-likeness (QED) is 0.531. The molecule has 1 saturated heterocycles. The van der Waals surface area contributed by atoms with Crippen LogP contribution in [0.15, 0.2) is 30.5 Å². The van der Waals surface area contributed by atoms with E-state index in [2.05, 4.69) is 26.8 Å². The molecule has 3 atom stereocenters. The van der Waals surface area contributed by atoms with E-state index in [1.54, 1.807) is 25.5 Å². The fourth-order valence-corrected chi connectivity index (χ4v) is 5.31. The van der Waals surface area contributed by atoms with Crippen molar-refractivity contribution in [1.82, 2.24) is 29.5 Å². The number of carbonyl (C=O) groups excluding carboxylic acids is 1. The monoisotopic (exact) mass is 528 g/mol. The molecule has 4 heterocycles. The molecule has 3 aromatic rings. The molecule has 0 unspecified atom stereocenters. The summed E-state index contributed by atoms with van der Waals surface area (Å²) in [6.07, 6.45) is 0.898. The summed E-state index contributed by atoms with van der Waals surface area (Å²) in [5, 5.41) is 7.38. The lowest BCUT2D eigenvalue weighted by molar-refractivity contribution is -0.0630. The van der Waals surface area contributed by atoms with Gasteiger partial charge in [0.1, 0.15) is 29.0 Å². The molecule has 2 aliphatic rings. The van der Waals surface area contributed by atoms with E-state index in [0.717, 1.165) is 47.7 Å². The second kappa shape index (κ2) is 10.1. The highest BCUT2D eigenvalue weighted by molar-refractivity contribution is 5.68. The molecule has 9 nitrogen and oxygen atoms in total. The molecule has 11 heteroatoms. The maximum Gasteiger partial charge on any atom is 0.407 e. The third kappa shape index (κ3) is 5.30. The van der Waals surface area contributed by atoms with E-state index in [-0.39, 0.29) is 11.6 Å². The van der Waals surface area contributed by atoms with Gasteiger partial charge < -0.3 is 19.4 Å². The number of fused-ring (bicyclic) bond motifs is 1. The van der Waals surface area contributed by atoms with Crippen molar-refractivity contribution in [1.29, 1.82) is 0 Å². The Bertz CT molecular complexity index is 1330. The van der Waals surface area contributed by atoms with E-state index >= 15 is 0 Å². The molecule has 1 amide bonds. The summed E-state index contributed by atoms with van der Waals surface area (Å²) < 4.78 is 44.3. The van der Waals surface area contributed by atoms with Crippen molar-refractivity contribution in [2.24, 2.45) is 7.05 Å². The molecule has 1 fully saturated rings. The Hall–Kier alpha value is -3.31. The highest BCUT2D eigenvalue weighted by Gasteiger charge is 2.40. The molecule has 2 aliphatic heterocycles. The minimum atomic E-state index is -0.849. The van der Waals surface area contributed by atoms with Crippen molar-refractivity contribution < 1.29 is 23.0 Å². The van der Waals surface area contributed by atoms with E-state index in [1.807, 2.05) is 19.3 Å². The smallest absolute Gasteiger partial charge is 0.407 e. The normalized spacial score (nSPS) is 21.9. The van der Waals surface area contributed by atoms with Crippen LogP contribution >= 0.6 is 0 Å². The number of hydrogen-bond acceptors (Lipinski definition) is 6. The molecular weight excluding hydrogens is 494 g/mol. The van der Waals surface area contributed by atoms with Crippen LogP contribution in [0.1, 0.15) is 57.2 Å². The van der Waals surface area contributed by atoms with Crippen LogP contribution in [0, 0.1) is 11.6 Å². The Morgan fingerprint density at radius 2 is 2.03 bits per heavy atom. The Labute approximate surface area is 220 Å². The number of halogens is 2. The molecule has 5 rings (SSSR count). The SMILES string of the molecule is CCn1c(-c2ccn(C)n2)nc2c1CN([C@H]1CO[C@H](c3cc(F)ccc3F)[C@@H](NC(=O)OC(C)(C)C)C1)C2. The molecule has 0 radical (unpaired) electrons. The van der Waals surface area contributed by atoms with Crippen LogP contribution in [-0.4, -0.2) is 54.6 Å². The number of nitrogens with one attached hydrogen (secondary N) is 1. The van der Waals surface area contributed by atoms with E-state index in [0.29, 0.717) is 26.1 Å². The predicted octanol–water partition coefficient (Wildman–Crippen LogP) is 4.32. The maximum atomic E-state index is 14.7. The molecule has 1 aromatic carbocycles. The van der Waals surface area contributed by atoms with Gasteiger partial charge in [-0.1, -0.05) is 0 Å². The van der Waals surface area contributed by atoms with E-state index in [9.17, 15) is 13.6 Å². The lowest BCUT2D eigenvalue weighted by atomic mass is 9.92. The van der Waals surface area contributed by atoms with Gasteiger partial charge in [0.15, 0.2) is 5.82 Å². The molecule has 0 aliphatic carbocycles. The van der Waals surface area contributed by atoms with Crippen molar-refractivity contribution in [3.63, 3.8) is 0 Å². The second-order valence-corrected chi connectivity index (χ2v) is 10.9. The summed E-state index contributed by atoms with van der Waals surface area (Å²) in [5.41, 5.74) is 2.32. The molecule has 0 spiro atoms. The van der Waals surface area contributed by atoms with Crippen LogP contribution in [0.3, 0.4) is 0 Å². The Kier molecular flexibility index (Phi) is 6.99. The van der Waals surface area contributed by atoms with Gasteiger partial charge in [-0.05, 0) is 58.4 Å². The van der Waals surface area contributed by atoms with Crippen LogP contribution in [0.25, 0.3) is 11.5 Å². The van der Waals surface area contributed by atoms with Gasteiger partial charge in [-0.15, -0.1) is 0 Å². The molecule has 38 heavy (non-hydrogen) atoms. The summed E-state index contributed by atoms with van der Waals surface area (Å²) in [6.45, 7) is 9.74. The number of imidazole rings is 1. The number of rotatable bonds is 5. The first kappa shape index (κ1) is 26.3. The largest absolute Gasteiger partial charge is 0.444 e. The van der Waals surface area contributed by atoms with Crippen LogP contribution in [0.4, 0.5) is 13.6 Å². The highest BCUT2D eigenvalue weighted by atomic mass is 19.1. The summed E-state index contributed by atoms with van der Waals surface area (Å²) in [5.74, 6) is -0.295. The fourth-order valence-electron chi connectivity index (χ4n) is 5.31. The van der Waals surface area contributed by atoms with Gasteiger partial charge in [-0.2, -0.15) is 5.10 Å². The summed E-state index contributed by atoms with van der Waals surface area (Å²) in [4.78, 5) is 19.9. The molecule has 204 valence electrons. The van der Waals surface area contributed by atoms with Crippen molar-refractivity contribution in [2.75, 3.05) is 6.61 Å². The molecular formula is C27H34F2N6O3. The van der Waals surface area contributed by atoms with Gasteiger partial charge in [0.25, 0.3) is 0 Å². The van der Waals surface area contributed by atoms with E-state index in [4.69, 9.17) is 14.5 Å². The van der Waals surface area contributed by atoms with Gasteiger partial charge in [0.2, 0.25) is 0 Å². The first-order valence-electron chi connectivity index (χ1n) is 12.9. The number of ether oxygens (including phenoxy) is 2. The van der Waals surface area contributed by atoms with E-state index in [1.165, 1.54) is 0 Å². The number of alkyl carbamates (subject to hydrolysis) is 1. The second-order valence-electron chi connectivity index (χ2n) is 10.9. The Morgan fingerprint density at radius 1 is 1.24 bits per heavy atom. The molecule has 0 saturated carbocycles. The molecule has 0 bridgehead atoms. The minimum absolute atomic E-state index is 0.0689. The average molecular weight is 529 g/mol. The Morgan fingerprint density at radius 3 is 2.71 bits per heavy atom. The van der Waals surface area contributed by atoms with Gasteiger partial charge in [0.05, 0.1) is 24.0 Å². The molecule has 2 aromatic heterocycles. The number of hydrogen-bond donors (Lipinski definition) is 1. The van der Waals surface area contributed by atoms with Crippen LogP contribution in [0.2, 0.25) is 0 Å². The lowest BCUT2D eigenvalue weighted by Crippen LogP contribution is -2.52. The van der Waals surface area contributed by atoms with Gasteiger partial charge >= 0.3 is 6.09 Å². The van der Waals surface area contributed by atoms with Crippen molar-refractivity contribution in [2.45, 2.75) is 77.5 Å². The predicted molar refractivity (Wildman–Crippen MR) is 136 cm³/mol. The molecule has 1 N–H and O–H groups in total. The topological polar surface area (TPSA) is 86.4 Å². The summed E-state index contributed by atoms with van der Waals surface area (Å²) in [6, 6.07) is 4.54. The van der Waals surface area contributed by atoms with Crippen molar-refractivity contribution in [3.8, 4) is 11.5 Å². The zero-order valence-corrected chi connectivity index (χ0v) is 22.4. The maximum absolute atomic E-state index is 14.7. The zero-order valence-electron chi connectivity index (χ0n) is 22.4. The third-order valence-corrected chi connectivity index (χ3v) is 6.96. The number of aryl methyl sites for hydroxylation is 1. The third-order valence-electron chi connectivity index (χ3n) is 6.96. The fraction of sp³-hybridized carbons (Fsp3) is 0.519. The van der Waals surface area contributed by atoms with E-state index < -0.39 is 35.5 Å². The number of aromatic nitrogens is 4. The summed E-state index contributed by atoms with van der Waals surface area (Å²) in [7, 11) is 1.88. The van der Waals surface area contributed by atoms with Crippen LogP contribution in [-0.2, 0) is 36.2 Å².